The van der Waals surface area contributed by atoms with Gasteiger partial charge in [0.25, 0.3) is 0 Å². The second kappa shape index (κ2) is 13.6. The lowest BCUT2D eigenvalue weighted by molar-refractivity contribution is -0.161. The molecule has 1 saturated heterocycles. The quantitative estimate of drug-likeness (QED) is 0.343. The van der Waals surface area contributed by atoms with Crippen molar-refractivity contribution in [3.8, 4) is 0 Å². The van der Waals surface area contributed by atoms with Crippen LogP contribution in [0.15, 0.2) is 42.5 Å². The smallest absolute Gasteiger partial charge is 0.410 e. The Hall–Kier alpha value is -3.02. The minimum absolute atomic E-state index is 0.0173. The van der Waals surface area contributed by atoms with Gasteiger partial charge in [0.15, 0.2) is 0 Å². The van der Waals surface area contributed by atoms with Gasteiger partial charge in [-0.05, 0) is 68.9 Å². The lowest BCUT2D eigenvalue weighted by atomic mass is 9.75. The fourth-order valence-corrected chi connectivity index (χ4v) is 6.75. The molecule has 1 spiro atoms. The zero-order valence-electron chi connectivity index (χ0n) is 26.8. The number of carbonyl (C=O) groups is 3. The van der Waals surface area contributed by atoms with Crippen molar-refractivity contribution in [2.75, 3.05) is 40.3 Å². The van der Waals surface area contributed by atoms with E-state index in [1.807, 2.05) is 18.2 Å². The molecular weight excluding hydrogens is 644 g/mol. The Balaban J connectivity index is 1.67. The standard InChI is InChI=1S/C33H41Cl2F3N4O4/c1-30(2,3)46-29(45)41(5)32(23-10-11-25(34)26(35)19-23,21-40(4)28(44)20-33(36,37)38)14-17-42-15-12-31(13-16-42)24-9-7-6-8-22(24)18-27(43)39-31/h6-11,19H,12-18,20-21H2,1-5H3,(H,39,43)/t32-/m1/s1. The van der Waals surface area contributed by atoms with Crippen LogP contribution in [0.1, 0.15) is 63.1 Å². The lowest BCUT2D eigenvalue weighted by Gasteiger charge is -2.48. The van der Waals surface area contributed by atoms with Crippen molar-refractivity contribution in [3.63, 3.8) is 0 Å². The summed E-state index contributed by atoms with van der Waals surface area (Å²) in [7, 11) is 2.80. The fraction of sp³-hybridized carbons (Fsp3) is 0.545. The Bertz CT molecular complexity index is 1460. The Morgan fingerprint density at radius 2 is 1.67 bits per heavy atom. The van der Waals surface area contributed by atoms with Crippen LogP contribution in [0.25, 0.3) is 0 Å². The number of likely N-dealkylation sites (N-methyl/N-ethyl adjacent to an activating group) is 2. The van der Waals surface area contributed by atoms with E-state index in [1.165, 1.54) is 19.0 Å². The normalized spacial score (nSPS) is 17.9. The summed E-state index contributed by atoms with van der Waals surface area (Å²) in [5.41, 5.74) is -0.0791. The van der Waals surface area contributed by atoms with Crippen LogP contribution in [0, 0.1) is 0 Å². The third-order valence-electron chi connectivity index (χ3n) is 8.86. The van der Waals surface area contributed by atoms with E-state index in [4.69, 9.17) is 27.9 Å². The van der Waals surface area contributed by atoms with Crippen LogP contribution < -0.4 is 5.32 Å². The van der Waals surface area contributed by atoms with Crippen LogP contribution in [-0.2, 0) is 31.8 Å². The highest BCUT2D eigenvalue weighted by Gasteiger charge is 2.46. The van der Waals surface area contributed by atoms with E-state index < -0.39 is 41.3 Å². The molecule has 3 amide bonds. The van der Waals surface area contributed by atoms with E-state index in [1.54, 1.807) is 39.0 Å². The Labute approximate surface area is 278 Å². The maximum Gasteiger partial charge on any atom is 0.410 e. The number of piperidine rings is 1. The Morgan fingerprint density at radius 3 is 2.28 bits per heavy atom. The molecule has 4 rings (SSSR count). The third kappa shape index (κ3) is 8.27. The van der Waals surface area contributed by atoms with E-state index in [2.05, 4.69) is 16.3 Å². The molecule has 0 unspecified atom stereocenters. The molecule has 2 aromatic rings. The first-order chi connectivity index (χ1) is 21.3. The Morgan fingerprint density at radius 1 is 1.02 bits per heavy atom. The maximum absolute atomic E-state index is 13.6. The monoisotopic (exact) mass is 684 g/mol. The average Bonchev–Trinajstić information content (AvgIpc) is 2.95. The molecule has 13 heteroatoms. The summed E-state index contributed by atoms with van der Waals surface area (Å²) >= 11 is 12.7. The molecule has 1 fully saturated rings. The fourth-order valence-electron chi connectivity index (χ4n) is 6.45. The van der Waals surface area contributed by atoms with Crippen molar-refractivity contribution in [1.82, 2.24) is 20.0 Å². The van der Waals surface area contributed by atoms with Crippen molar-refractivity contribution in [2.24, 2.45) is 0 Å². The van der Waals surface area contributed by atoms with Gasteiger partial charge in [0.2, 0.25) is 11.8 Å². The highest BCUT2D eigenvalue weighted by molar-refractivity contribution is 6.42. The lowest BCUT2D eigenvalue weighted by Crippen LogP contribution is -2.58. The summed E-state index contributed by atoms with van der Waals surface area (Å²) in [4.78, 5) is 43.6. The number of nitrogens with zero attached hydrogens (tertiary/aromatic N) is 3. The van der Waals surface area contributed by atoms with Crippen molar-refractivity contribution < 1.29 is 32.3 Å². The summed E-state index contributed by atoms with van der Waals surface area (Å²) in [5, 5.41) is 3.68. The van der Waals surface area contributed by atoms with Crippen molar-refractivity contribution in [1.29, 1.82) is 0 Å². The van der Waals surface area contributed by atoms with Gasteiger partial charge in [-0.15, -0.1) is 0 Å². The molecule has 2 heterocycles. The molecule has 2 aromatic carbocycles. The second-order valence-corrected chi connectivity index (χ2v) is 14.1. The molecule has 46 heavy (non-hydrogen) atoms. The number of amides is 3. The van der Waals surface area contributed by atoms with Crippen molar-refractivity contribution in [2.45, 2.75) is 75.7 Å². The molecule has 2 aliphatic heterocycles. The van der Waals surface area contributed by atoms with E-state index in [9.17, 15) is 27.6 Å². The molecule has 0 radical (unpaired) electrons. The van der Waals surface area contributed by atoms with Gasteiger partial charge >= 0.3 is 12.3 Å². The van der Waals surface area contributed by atoms with E-state index in [-0.39, 0.29) is 28.9 Å². The summed E-state index contributed by atoms with van der Waals surface area (Å²) in [6.07, 6.45) is -5.19. The molecule has 8 nitrogen and oxygen atoms in total. The summed E-state index contributed by atoms with van der Waals surface area (Å²) < 4.78 is 45.5. The van der Waals surface area contributed by atoms with E-state index in [0.29, 0.717) is 44.5 Å². The van der Waals surface area contributed by atoms with Crippen LogP contribution >= 0.6 is 23.2 Å². The first-order valence-electron chi connectivity index (χ1n) is 15.2. The summed E-state index contributed by atoms with van der Waals surface area (Å²) in [5.74, 6) is -1.16. The number of nitrogens with one attached hydrogen (secondary N) is 1. The highest BCUT2D eigenvalue weighted by atomic mass is 35.5. The topological polar surface area (TPSA) is 82.2 Å². The number of alkyl halides is 3. The zero-order chi connectivity index (χ0) is 34.1. The van der Waals surface area contributed by atoms with Gasteiger partial charge in [-0.1, -0.05) is 53.5 Å². The third-order valence-corrected chi connectivity index (χ3v) is 9.60. The van der Waals surface area contributed by atoms with Crippen LogP contribution in [0.3, 0.4) is 0 Å². The SMILES string of the molecule is CN(C[C@](CCN1CCC2(CC1)NC(=O)Cc1ccccc12)(c1ccc(Cl)c(Cl)c1)N(C)C(=O)OC(C)(C)C)C(=O)CC(F)(F)F. The van der Waals surface area contributed by atoms with Gasteiger partial charge in [-0.3, -0.25) is 14.5 Å². The van der Waals surface area contributed by atoms with Gasteiger partial charge in [-0.25, -0.2) is 4.79 Å². The van der Waals surface area contributed by atoms with E-state index >= 15 is 0 Å². The Kier molecular flexibility index (Phi) is 10.6. The molecule has 0 aromatic heterocycles. The molecule has 1 atom stereocenters. The number of carbonyl (C=O) groups excluding carboxylic acids is 3. The van der Waals surface area contributed by atoms with Gasteiger partial charge in [-0.2, -0.15) is 13.2 Å². The molecule has 1 N–H and O–H groups in total. The number of fused-ring (bicyclic) bond motifs is 2. The number of likely N-dealkylation sites (tertiary alicyclic amines) is 1. The minimum Gasteiger partial charge on any atom is -0.444 e. The van der Waals surface area contributed by atoms with Crippen LogP contribution in [0.4, 0.5) is 18.0 Å². The van der Waals surface area contributed by atoms with Gasteiger partial charge < -0.3 is 19.9 Å². The number of halogens is 5. The largest absolute Gasteiger partial charge is 0.444 e. The predicted molar refractivity (Wildman–Crippen MR) is 171 cm³/mol. The van der Waals surface area contributed by atoms with Crippen molar-refractivity contribution >= 4 is 41.1 Å². The predicted octanol–water partition coefficient (Wildman–Crippen LogP) is 6.52. The first kappa shape index (κ1) is 35.8. The summed E-state index contributed by atoms with van der Waals surface area (Å²) in [6, 6.07) is 12.7. The first-order valence-corrected chi connectivity index (χ1v) is 15.9. The molecule has 0 bridgehead atoms. The maximum atomic E-state index is 13.6. The average molecular weight is 686 g/mol. The minimum atomic E-state index is -4.70. The van der Waals surface area contributed by atoms with Gasteiger partial charge in [0, 0.05) is 40.3 Å². The number of ether oxygens (including phenoxy) is 1. The molecule has 0 aliphatic carbocycles. The molecule has 2 aliphatic rings. The van der Waals surface area contributed by atoms with Gasteiger partial charge in [0.05, 0.1) is 27.5 Å². The molecular formula is C33H41Cl2F3N4O4. The molecule has 0 saturated carbocycles. The number of benzene rings is 2. The van der Waals surface area contributed by atoms with E-state index in [0.717, 1.165) is 16.0 Å². The number of hydrogen-bond donors (Lipinski definition) is 1. The zero-order valence-corrected chi connectivity index (χ0v) is 28.3. The van der Waals surface area contributed by atoms with Crippen molar-refractivity contribution in [3.05, 3.63) is 69.2 Å². The number of rotatable bonds is 8. The number of hydrogen-bond acceptors (Lipinski definition) is 5. The molecule has 252 valence electrons. The summed E-state index contributed by atoms with van der Waals surface area (Å²) in [6.45, 7) is 6.52. The van der Waals surface area contributed by atoms with Crippen LogP contribution in [0.2, 0.25) is 10.0 Å². The highest BCUT2D eigenvalue weighted by Crippen LogP contribution is 2.40. The second-order valence-electron chi connectivity index (χ2n) is 13.3. The van der Waals surface area contributed by atoms with Crippen LogP contribution in [0.5, 0.6) is 0 Å². The van der Waals surface area contributed by atoms with Gasteiger partial charge in [0.1, 0.15) is 12.0 Å². The van der Waals surface area contributed by atoms with Crippen LogP contribution in [-0.4, -0.2) is 84.7 Å².